The molecule has 1 fully saturated rings. The third-order valence-electron chi connectivity index (χ3n) is 6.69. The largest absolute Gasteiger partial charge is 0.595 e. The van der Waals surface area contributed by atoms with Crippen molar-refractivity contribution in [3.05, 3.63) is 53.7 Å². The van der Waals surface area contributed by atoms with E-state index in [1.807, 2.05) is 29.2 Å². The summed E-state index contributed by atoms with van der Waals surface area (Å²) in [6, 6.07) is 13.8. The number of esters is 1. The van der Waals surface area contributed by atoms with Crippen LogP contribution in [0.1, 0.15) is 26.2 Å². The molecule has 1 unspecified atom stereocenters. The minimum Gasteiger partial charge on any atom is -0.595 e. The number of amidine groups is 1. The van der Waals surface area contributed by atoms with Crippen molar-refractivity contribution in [3.8, 4) is 0 Å². The normalized spacial score (nSPS) is 24.6. The van der Waals surface area contributed by atoms with Crippen LogP contribution in [0.2, 0.25) is 0 Å². The molecular weight excluding hydrogens is 426 g/mol. The van der Waals surface area contributed by atoms with Gasteiger partial charge in [-0.15, -0.1) is 5.10 Å². The van der Waals surface area contributed by atoms with E-state index in [1.54, 1.807) is 36.0 Å². The summed E-state index contributed by atoms with van der Waals surface area (Å²) in [7, 11) is 1.75. The Balaban J connectivity index is 1.74. The van der Waals surface area contributed by atoms with E-state index in [2.05, 4.69) is 0 Å². The van der Waals surface area contributed by atoms with Crippen LogP contribution in [0.5, 0.6) is 0 Å². The molecule has 2 aromatic carbocycles. The molecule has 3 aliphatic rings. The number of fused-ring (bicyclic) bond motifs is 2. The first-order valence-corrected chi connectivity index (χ1v) is 11.0. The number of quaternary nitrogens is 1. The molecule has 2 aromatic rings. The predicted octanol–water partition coefficient (Wildman–Crippen LogP) is 1.77. The molecule has 2 N–H and O–H groups in total. The number of nitrogens with zero attached hydrogens (tertiary/aromatic N) is 4. The summed E-state index contributed by atoms with van der Waals surface area (Å²) < 4.78 is 5.35. The number of ether oxygens (including phenoxy) is 1. The molecule has 2 aliphatic heterocycles. The standard InChI is InChI=1S/C23H25N5O5/c1-3-33-22(30)20-24-27(15-10-12-16(13-11-15)28(31)32)23-14-6-7-17(23)21(29)25(2)18-8-4-5-9-19(18)26(20)23/h4-5,8-13,17,28,31H,3,6-7,14H2,1-2H3/t17-,23+/m0/s1. The Morgan fingerprint density at radius 2 is 1.94 bits per heavy atom. The summed E-state index contributed by atoms with van der Waals surface area (Å²) in [6.07, 6.45) is 2.01. The molecule has 2 heterocycles. The van der Waals surface area contributed by atoms with E-state index in [4.69, 9.17) is 9.84 Å². The van der Waals surface area contributed by atoms with Crippen LogP contribution in [0.25, 0.3) is 0 Å². The Morgan fingerprint density at radius 3 is 2.61 bits per heavy atom. The average molecular weight is 451 g/mol. The van der Waals surface area contributed by atoms with E-state index in [9.17, 15) is 20.0 Å². The van der Waals surface area contributed by atoms with Crippen molar-refractivity contribution in [2.24, 2.45) is 11.0 Å². The average Bonchev–Trinajstić information content (AvgIpc) is 3.39. The zero-order valence-electron chi connectivity index (χ0n) is 18.4. The molecule has 0 aromatic heterocycles. The summed E-state index contributed by atoms with van der Waals surface area (Å²) in [5.74, 6) is -0.958. The first-order chi connectivity index (χ1) is 15.9. The zero-order chi connectivity index (χ0) is 23.3. The number of benzene rings is 2. The lowest BCUT2D eigenvalue weighted by molar-refractivity contribution is -0.991. The van der Waals surface area contributed by atoms with Crippen LogP contribution in [0.15, 0.2) is 53.6 Å². The Labute approximate surface area is 190 Å². The molecular formula is C23H25N5O5. The van der Waals surface area contributed by atoms with Gasteiger partial charge in [0.15, 0.2) is 11.4 Å². The van der Waals surface area contributed by atoms with Crippen molar-refractivity contribution in [2.75, 3.05) is 28.5 Å². The summed E-state index contributed by atoms with van der Waals surface area (Å²) in [4.78, 5) is 30.3. The number of carbonyl (C=O) groups excluding carboxylic acids is 2. The number of hydrogen-bond donors (Lipinski definition) is 2. The fourth-order valence-corrected chi connectivity index (χ4v) is 5.28. The van der Waals surface area contributed by atoms with Crippen molar-refractivity contribution in [1.29, 1.82) is 0 Å². The highest BCUT2D eigenvalue weighted by atomic mass is 16.8. The lowest BCUT2D eigenvalue weighted by Gasteiger charge is -2.43. The molecule has 1 aliphatic carbocycles. The van der Waals surface area contributed by atoms with Crippen molar-refractivity contribution in [3.63, 3.8) is 0 Å². The van der Waals surface area contributed by atoms with Gasteiger partial charge in [-0.3, -0.25) is 9.69 Å². The highest BCUT2D eigenvalue weighted by Gasteiger charge is 2.63. The topological polar surface area (TPSA) is 113 Å². The Hall–Kier alpha value is -3.47. The van der Waals surface area contributed by atoms with E-state index in [0.717, 1.165) is 6.42 Å². The molecule has 1 saturated carbocycles. The summed E-state index contributed by atoms with van der Waals surface area (Å²) >= 11 is 0. The van der Waals surface area contributed by atoms with E-state index in [1.165, 1.54) is 12.1 Å². The maximum Gasteiger partial charge on any atom is 0.376 e. The molecule has 0 radical (unpaired) electrons. The molecule has 0 saturated heterocycles. The predicted molar refractivity (Wildman–Crippen MR) is 121 cm³/mol. The van der Waals surface area contributed by atoms with Gasteiger partial charge in [-0.25, -0.2) is 15.0 Å². The van der Waals surface area contributed by atoms with E-state index in [0.29, 0.717) is 29.9 Å². The van der Waals surface area contributed by atoms with Crippen molar-refractivity contribution < 1.29 is 24.8 Å². The van der Waals surface area contributed by atoms with E-state index >= 15 is 0 Å². The summed E-state index contributed by atoms with van der Waals surface area (Å²) in [5.41, 5.74) is 1.20. The van der Waals surface area contributed by atoms with Crippen LogP contribution < -0.4 is 20.0 Å². The van der Waals surface area contributed by atoms with Gasteiger partial charge in [0.1, 0.15) is 0 Å². The molecule has 5 rings (SSSR count). The number of hydrogen-bond acceptors (Lipinski definition) is 8. The monoisotopic (exact) mass is 451 g/mol. The minimum atomic E-state index is -1.03. The van der Waals surface area contributed by atoms with Crippen LogP contribution in [-0.2, 0) is 14.3 Å². The van der Waals surface area contributed by atoms with Crippen molar-refractivity contribution >= 4 is 40.5 Å². The summed E-state index contributed by atoms with van der Waals surface area (Å²) in [6.45, 7) is 1.92. The number of nitrogens with one attached hydrogen (secondary N) is 1. The lowest BCUT2D eigenvalue weighted by Crippen LogP contribution is -2.99. The highest BCUT2D eigenvalue weighted by Crippen LogP contribution is 2.54. The van der Waals surface area contributed by atoms with Gasteiger partial charge in [-0.1, -0.05) is 12.1 Å². The van der Waals surface area contributed by atoms with Crippen LogP contribution >= 0.6 is 0 Å². The van der Waals surface area contributed by atoms with Gasteiger partial charge in [0, 0.05) is 19.2 Å². The van der Waals surface area contributed by atoms with Gasteiger partial charge < -0.3 is 14.8 Å². The molecule has 1 amide bonds. The first-order valence-electron chi connectivity index (χ1n) is 11.0. The van der Waals surface area contributed by atoms with Gasteiger partial charge in [0.05, 0.1) is 29.6 Å². The van der Waals surface area contributed by atoms with Gasteiger partial charge in [0.25, 0.3) is 0 Å². The van der Waals surface area contributed by atoms with Gasteiger partial charge >= 0.3 is 5.97 Å². The number of para-hydroxylation sites is 2. The molecule has 0 bridgehead atoms. The Bertz CT molecular complexity index is 1130. The smallest absolute Gasteiger partial charge is 0.376 e. The number of anilines is 3. The highest BCUT2D eigenvalue weighted by molar-refractivity contribution is 6.43. The molecule has 10 nitrogen and oxygen atoms in total. The van der Waals surface area contributed by atoms with E-state index in [-0.39, 0.29) is 24.0 Å². The number of carbonyl (C=O) groups is 2. The minimum absolute atomic E-state index is 0.0464. The number of rotatable bonds is 4. The van der Waals surface area contributed by atoms with Gasteiger partial charge in [-0.2, -0.15) is 5.23 Å². The number of hydrazone groups is 1. The fourth-order valence-electron chi connectivity index (χ4n) is 5.28. The van der Waals surface area contributed by atoms with Gasteiger partial charge in [-0.05, 0) is 50.5 Å². The quantitative estimate of drug-likeness (QED) is 0.538. The Kier molecular flexibility index (Phi) is 5.08. The van der Waals surface area contributed by atoms with Crippen LogP contribution in [-0.4, -0.2) is 42.2 Å². The van der Waals surface area contributed by atoms with Crippen LogP contribution in [0.3, 0.4) is 0 Å². The Morgan fingerprint density at radius 1 is 1.24 bits per heavy atom. The maximum atomic E-state index is 13.7. The SMILES string of the molecule is CCOC(=O)C1=NN(c2ccc([NH+]([O-])O)cc2)[C@]23CCC[C@H]2C(=O)N(C)c2ccccc2N13. The molecule has 10 heteroatoms. The van der Waals surface area contributed by atoms with E-state index < -0.39 is 22.8 Å². The number of amides is 1. The second-order valence-electron chi connectivity index (χ2n) is 8.35. The summed E-state index contributed by atoms with van der Waals surface area (Å²) in [5, 5.41) is 26.1. The maximum absolute atomic E-state index is 13.7. The molecule has 33 heavy (non-hydrogen) atoms. The molecule has 172 valence electrons. The molecule has 1 spiro atoms. The molecule has 3 atom stereocenters. The third kappa shape index (κ3) is 3.02. The fraction of sp³-hybridized carbons (Fsp3) is 0.348. The van der Waals surface area contributed by atoms with Gasteiger partial charge in [0.2, 0.25) is 11.7 Å². The van der Waals surface area contributed by atoms with Crippen LogP contribution in [0.4, 0.5) is 22.7 Å². The second kappa shape index (κ2) is 7.84. The third-order valence-corrected chi connectivity index (χ3v) is 6.69. The second-order valence-corrected chi connectivity index (χ2v) is 8.35. The zero-order valence-corrected chi connectivity index (χ0v) is 18.4. The van der Waals surface area contributed by atoms with Crippen LogP contribution in [0, 0.1) is 11.1 Å². The van der Waals surface area contributed by atoms with Crippen molar-refractivity contribution in [2.45, 2.75) is 31.8 Å². The first kappa shape index (κ1) is 21.4. The lowest BCUT2D eigenvalue weighted by atomic mass is 9.92. The van der Waals surface area contributed by atoms with Crippen molar-refractivity contribution in [1.82, 2.24) is 0 Å².